The molecule has 3 heterocycles. The van der Waals surface area contributed by atoms with Gasteiger partial charge in [0.1, 0.15) is 10.7 Å². The minimum Gasteiger partial charge on any atom is -0.309 e. The zero-order valence-corrected chi connectivity index (χ0v) is 19.4. The average molecular weight is 457 g/mol. The molecule has 6 nitrogen and oxygen atoms in total. The molecular weight excluding hydrogens is 436 g/mol. The molecule has 0 unspecified atom stereocenters. The number of rotatable bonds is 5. The quantitative estimate of drug-likeness (QED) is 0.402. The van der Waals surface area contributed by atoms with Gasteiger partial charge in [0, 0.05) is 16.0 Å². The first-order valence-electron chi connectivity index (χ1n) is 9.28. The number of nitrogens with one attached hydrogen (secondary N) is 2. The van der Waals surface area contributed by atoms with Crippen LogP contribution in [-0.4, -0.2) is 20.9 Å². The summed E-state index contributed by atoms with van der Waals surface area (Å²) in [6.07, 6.45) is 1.71. The molecule has 2 N–H and O–H groups in total. The summed E-state index contributed by atoms with van der Waals surface area (Å²) < 4.78 is 0. The van der Waals surface area contributed by atoms with Gasteiger partial charge in [0.25, 0.3) is 11.5 Å². The Balaban J connectivity index is 1.61. The number of amides is 1. The van der Waals surface area contributed by atoms with Crippen molar-refractivity contribution in [3.05, 3.63) is 67.0 Å². The Morgan fingerprint density at radius 3 is 2.73 bits per heavy atom. The normalized spacial score (nSPS) is 11.2. The minimum atomic E-state index is -0.268. The topological polar surface area (TPSA) is 87.7 Å². The highest BCUT2D eigenvalue weighted by Gasteiger charge is 2.20. The fraction of sp³-hybridized carbons (Fsp3) is 0.238. The van der Waals surface area contributed by atoms with Crippen molar-refractivity contribution in [2.24, 2.45) is 0 Å². The van der Waals surface area contributed by atoms with Crippen LogP contribution in [0.3, 0.4) is 0 Å². The van der Waals surface area contributed by atoms with Gasteiger partial charge in [-0.3, -0.25) is 14.9 Å². The molecule has 0 aliphatic carbocycles. The van der Waals surface area contributed by atoms with Crippen LogP contribution in [-0.2, 0) is 5.75 Å². The lowest BCUT2D eigenvalue weighted by molar-refractivity contribution is 0.103. The van der Waals surface area contributed by atoms with E-state index in [1.54, 1.807) is 24.9 Å². The number of thiazole rings is 1. The summed E-state index contributed by atoms with van der Waals surface area (Å²) in [5, 5.41) is 3.82. The third kappa shape index (κ3) is 4.19. The Morgan fingerprint density at radius 2 is 2.00 bits per heavy atom. The van der Waals surface area contributed by atoms with Crippen molar-refractivity contribution in [3.63, 3.8) is 0 Å². The van der Waals surface area contributed by atoms with Gasteiger partial charge in [-0.2, -0.15) is 0 Å². The maximum Gasteiger partial charge on any atom is 0.267 e. The van der Waals surface area contributed by atoms with Crippen LogP contribution in [0, 0.1) is 27.7 Å². The van der Waals surface area contributed by atoms with Gasteiger partial charge in [-0.25, -0.2) is 9.97 Å². The van der Waals surface area contributed by atoms with Crippen LogP contribution >= 0.6 is 34.4 Å². The highest BCUT2D eigenvalue weighted by atomic mass is 32.2. The Labute approximate surface area is 185 Å². The second-order valence-corrected chi connectivity index (χ2v) is 10.3. The highest BCUT2D eigenvalue weighted by molar-refractivity contribution is 7.98. The lowest BCUT2D eigenvalue weighted by Gasteiger charge is -2.06. The summed E-state index contributed by atoms with van der Waals surface area (Å²) in [7, 11) is 0. The number of benzene rings is 1. The third-order valence-electron chi connectivity index (χ3n) is 4.61. The molecule has 0 spiro atoms. The monoisotopic (exact) mass is 456 g/mol. The molecule has 0 aliphatic heterocycles. The number of anilines is 1. The van der Waals surface area contributed by atoms with Crippen LogP contribution in [0.2, 0.25) is 0 Å². The Hall–Kier alpha value is -2.49. The summed E-state index contributed by atoms with van der Waals surface area (Å²) in [5.74, 6) is 0.879. The minimum absolute atomic E-state index is 0.213. The molecule has 30 heavy (non-hydrogen) atoms. The van der Waals surface area contributed by atoms with Crippen LogP contribution in [0.5, 0.6) is 0 Å². The van der Waals surface area contributed by atoms with Crippen molar-refractivity contribution in [2.45, 2.75) is 38.3 Å². The van der Waals surface area contributed by atoms with Crippen LogP contribution < -0.4 is 10.9 Å². The first-order valence-corrected chi connectivity index (χ1v) is 11.9. The second-order valence-electron chi connectivity index (χ2n) is 7.04. The number of aryl methyl sites for hydroxylation is 4. The largest absolute Gasteiger partial charge is 0.309 e. The molecule has 1 amide bonds. The number of H-pyrrole nitrogens is 1. The SMILES string of the molecule is Cc1ccc(C)c(SCc2nc3sc(C(=O)Nc4ncc(C)s4)c(C)c3c(=O)[nH]2)c1. The van der Waals surface area contributed by atoms with Crippen molar-refractivity contribution in [2.75, 3.05) is 5.32 Å². The standard InChI is InChI=1S/C21H20N4O2S3/c1-10-5-6-11(2)14(7-10)28-9-15-23-18(26)16-13(4)17(30-20(16)24-15)19(27)25-21-22-8-12(3)29-21/h5-8H,9H2,1-4H3,(H,22,25,27)(H,23,24,26). The smallest absolute Gasteiger partial charge is 0.267 e. The van der Waals surface area contributed by atoms with E-state index < -0.39 is 0 Å². The predicted molar refractivity (Wildman–Crippen MR) is 125 cm³/mol. The fourth-order valence-corrected chi connectivity index (χ4v) is 5.80. The molecule has 0 saturated heterocycles. The molecule has 3 aromatic heterocycles. The predicted octanol–water partition coefficient (Wildman–Crippen LogP) is 5.22. The molecule has 0 fully saturated rings. The van der Waals surface area contributed by atoms with Gasteiger partial charge in [-0.15, -0.1) is 34.4 Å². The molecule has 4 aromatic rings. The summed E-state index contributed by atoms with van der Waals surface area (Å²) in [6, 6.07) is 6.31. The van der Waals surface area contributed by atoms with E-state index in [0.717, 1.165) is 4.88 Å². The Morgan fingerprint density at radius 1 is 1.20 bits per heavy atom. The molecule has 4 rings (SSSR count). The molecule has 0 saturated carbocycles. The van der Waals surface area contributed by atoms with Crippen LogP contribution in [0.25, 0.3) is 10.2 Å². The maximum atomic E-state index is 12.7. The van der Waals surface area contributed by atoms with Crippen LogP contribution in [0.1, 0.15) is 37.1 Å². The molecule has 0 bridgehead atoms. The molecular formula is C21H20N4O2S3. The van der Waals surface area contributed by atoms with Gasteiger partial charge in [0.15, 0.2) is 5.13 Å². The summed E-state index contributed by atoms with van der Waals surface area (Å²) in [6.45, 7) is 7.84. The first-order chi connectivity index (χ1) is 14.3. The molecule has 0 radical (unpaired) electrons. The number of aromatic nitrogens is 3. The van der Waals surface area contributed by atoms with Crippen molar-refractivity contribution in [3.8, 4) is 0 Å². The lowest BCUT2D eigenvalue weighted by Crippen LogP contribution is -2.13. The van der Waals surface area contributed by atoms with E-state index in [1.165, 1.54) is 38.7 Å². The number of thiophene rings is 1. The van der Waals surface area contributed by atoms with E-state index >= 15 is 0 Å². The van der Waals surface area contributed by atoms with E-state index in [4.69, 9.17) is 0 Å². The number of carbonyl (C=O) groups is 1. The van der Waals surface area contributed by atoms with E-state index in [9.17, 15) is 9.59 Å². The number of hydrogen-bond acceptors (Lipinski definition) is 7. The first kappa shape index (κ1) is 20.8. The molecule has 0 atom stereocenters. The van der Waals surface area contributed by atoms with Crippen molar-refractivity contribution >= 4 is 55.7 Å². The second kappa shape index (κ2) is 8.33. The zero-order chi connectivity index (χ0) is 21.4. The van der Waals surface area contributed by atoms with Crippen molar-refractivity contribution in [1.82, 2.24) is 15.0 Å². The number of carbonyl (C=O) groups excluding carboxylic acids is 1. The van der Waals surface area contributed by atoms with E-state index in [2.05, 4.69) is 52.3 Å². The van der Waals surface area contributed by atoms with E-state index in [1.807, 2.05) is 6.92 Å². The molecule has 1 aromatic carbocycles. The number of hydrogen-bond donors (Lipinski definition) is 2. The van der Waals surface area contributed by atoms with Gasteiger partial charge < -0.3 is 4.98 Å². The van der Waals surface area contributed by atoms with Gasteiger partial charge in [-0.1, -0.05) is 17.7 Å². The Bertz CT molecular complexity index is 1320. The van der Waals surface area contributed by atoms with Crippen molar-refractivity contribution in [1.29, 1.82) is 0 Å². The Kier molecular flexibility index (Phi) is 5.77. The van der Waals surface area contributed by atoms with E-state index in [-0.39, 0.29) is 11.5 Å². The van der Waals surface area contributed by atoms with E-state index in [0.29, 0.717) is 37.4 Å². The molecule has 9 heteroatoms. The van der Waals surface area contributed by atoms with Gasteiger partial charge in [0.2, 0.25) is 0 Å². The van der Waals surface area contributed by atoms with Gasteiger partial charge >= 0.3 is 0 Å². The third-order valence-corrected chi connectivity index (χ3v) is 7.79. The summed E-state index contributed by atoms with van der Waals surface area (Å²) >= 11 is 4.29. The van der Waals surface area contributed by atoms with Gasteiger partial charge in [0.05, 0.1) is 16.0 Å². The summed E-state index contributed by atoms with van der Waals surface area (Å²) in [5.41, 5.74) is 2.81. The van der Waals surface area contributed by atoms with Crippen molar-refractivity contribution < 1.29 is 4.79 Å². The number of nitrogens with zero attached hydrogens (tertiary/aromatic N) is 2. The van der Waals surface area contributed by atoms with Crippen LogP contribution in [0.4, 0.5) is 5.13 Å². The lowest BCUT2D eigenvalue weighted by atomic mass is 10.2. The number of thioether (sulfide) groups is 1. The summed E-state index contributed by atoms with van der Waals surface area (Å²) in [4.78, 5) is 40.3. The molecule has 0 aliphatic rings. The molecule has 154 valence electrons. The maximum absolute atomic E-state index is 12.7. The van der Waals surface area contributed by atoms with Crippen LogP contribution in [0.15, 0.2) is 34.1 Å². The zero-order valence-electron chi connectivity index (χ0n) is 17.0. The average Bonchev–Trinajstić information content (AvgIpc) is 3.25. The van der Waals surface area contributed by atoms with Gasteiger partial charge in [-0.05, 0) is 44.9 Å². The highest BCUT2D eigenvalue weighted by Crippen LogP contribution is 2.30. The number of fused-ring (bicyclic) bond motifs is 1. The fourth-order valence-electron chi connectivity index (χ4n) is 3.05. The number of aromatic amines is 1.